The molecular formula is C12H14Cl2O3S. The van der Waals surface area contributed by atoms with Crippen LogP contribution in [-0.2, 0) is 4.79 Å². The predicted octanol–water partition coefficient (Wildman–Crippen LogP) is 3.97. The van der Waals surface area contributed by atoms with Gasteiger partial charge in [-0.05, 0) is 26.0 Å². The van der Waals surface area contributed by atoms with Gasteiger partial charge in [0.05, 0.1) is 16.7 Å². The van der Waals surface area contributed by atoms with Crippen molar-refractivity contribution >= 4 is 40.9 Å². The number of carboxylic acids is 1. The summed E-state index contributed by atoms with van der Waals surface area (Å²) in [6, 6.07) is 5.12. The Morgan fingerprint density at radius 2 is 1.94 bits per heavy atom. The molecule has 0 radical (unpaired) electrons. The zero-order valence-corrected chi connectivity index (χ0v) is 12.4. The van der Waals surface area contributed by atoms with Crippen LogP contribution in [0.25, 0.3) is 0 Å². The van der Waals surface area contributed by atoms with Crippen LogP contribution in [0, 0.1) is 0 Å². The van der Waals surface area contributed by atoms with Gasteiger partial charge in [0.15, 0.2) is 5.75 Å². The monoisotopic (exact) mass is 308 g/mol. The molecule has 1 N–H and O–H groups in total. The lowest BCUT2D eigenvalue weighted by Crippen LogP contribution is -2.28. The number of hydrogen-bond donors (Lipinski definition) is 1. The largest absolute Gasteiger partial charge is 0.490 e. The van der Waals surface area contributed by atoms with Crippen LogP contribution in [0.1, 0.15) is 13.8 Å². The first-order chi connectivity index (χ1) is 8.34. The average molecular weight is 309 g/mol. The molecule has 100 valence electrons. The van der Waals surface area contributed by atoms with Crippen molar-refractivity contribution in [3.05, 3.63) is 28.2 Å². The molecule has 0 saturated heterocycles. The normalized spacial score (nSPS) is 11.3. The van der Waals surface area contributed by atoms with Gasteiger partial charge in [-0.25, -0.2) is 0 Å². The number of hydrogen-bond acceptors (Lipinski definition) is 3. The maximum absolute atomic E-state index is 10.9. The fraction of sp³-hybridized carbons (Fsp3) is 0.417. The van der Waals surface area contributed by atoms with Gasteiger partial charge in [-0.1, -0.05) is 29.3 Å². The zero-order valence-electron chi connectivity index (χ0n) is 10.1. The minimum atomic E-state index is -0.844. The zero-order chi connectivity index (χ0) is 13.8. The third-order valence-corrected chi connectivity index (χ3v) is 4.09. The smallest absolute Gasteiger partial charge is 0.319 e. The molecule has 0 saturated carbocycles. The Morgan fingerprint density at radius 1 is 1.39 bits per heavy atom. The molecule has 0 heterocycles. The quantitative estimate of drug-likeness (QED) is 0.808. The third kappa shape index (κ3) is 4.26. The van der Waals surface area contributed by atoms with Gasteiger partial charge in [0.25, 0.3) is 0 Å². The van der Waals surface area contributed by atoms with E-state index in [-0.39, 0.29) is 0 Å². The van der Waals surface area contributed by atoms with Gasteiger partial charge in [0, 0.05) is 5.75 Å². The number of rotatable bonds is 6. The standard InChI is InChI=1S/C12H14Cl2O3S/c1-12(2,11(15)16)18-7-6-17-10-8(13)4-3-5-9(10)14/h3-5H,6-7H2,1-2H3,(H,15,16). The second kappa shape index (κ2) is 6.55. The van der Waals surface area contributed by atoms with Crippen LogP contribution in [0.4, 0.5) is 0 Å². The van der Waals surface area contributed by atoms with E-state index in [0.29, 0.717) is 28.2 Å². The van der Waals surface area contributed by atoms with Gasteiger partial charge < -0.3 is 9.84 Å². The molecule has 0 aliphatic carbocycles. The molecule has 0 unspecified atom stereocenters. The van der Waals surface area contributed by atoms with E-state index in [4.69, 9.17) is 33.0 Å². The van der Waals surface area contributed by atoms with Gasteiger partial charge in [-0.2, -0.15) is 0 Å². The van der Waals surface area contributed by atoms with Crippen molar-refractivity contribution < 1.29 is 14.6 Å². The van der Waals surface area contributed by atoms with E-state index in [1.54, 1.807) is 32.0 Å². The van der Waals surface area contributed by atoms with Gasteiger partial charge in [0.1, 0.15) is 4.75 Å². The van der Waals surface area contributed by atoms with E-state index in [9.17, 15) is 4.79 Å². The molecule has 0 aliphatic rings. The average Bonchev–Trinajstić information content (AvgIpc) is 2.27. The van der Waals surface area contributed by atoms with Crippen LogP contribution in [0.3, 0.4) is 0 Å². The minimum Gasteiger partial charge on any atom is -0.490 e. The maximum Gasteiger partial charge on any atom is 0.319 e. The lowest BCUT2D eigenvalue weighted by atomic mass is 10.2. The first-order valence-electron chi connectivity index (χ1n) is 5.29. The molecule has 0 atom stereocenters. The minimum absolute atomic E-state index is 0.352. The van der Waals surface area contributed by atoms with Crippen LogP contribution in [0.15, 0.2) is 18.2 Å². The number of aliphatic carboxylic acids is 1. The molecule has 0 fully saturated rings. The second-order valence-electron chi connectivity index (χ2n) is 4.06. The van der Waals surface area contributed by atoms with E-state index in [0.717, 1.165) is 0 Å². The molecular weight excluding hydrogens is 295 g/mol. The summed E-state index contributed by atoms with van der Waals surface area (Å²) in [5.74, 6) is 0.138. The Balaban J connectivity index is 2.46. The molecule has 0 spiro atoms. The predicted molar refractivity (Wildman–Crippen MR) is 76.1 cm³/mol. The number of carbonyl (C=O) groups is 1. The van der Waals surface area contributed by atoms with Gasteiger partial charge in [-0.15, -0.1) is 11.8 Å². The summed E-state index contributed by atoms with van der Waals surface area (Å²) in [6.45, 7) is 3.66. The molecule has 0 aliphatic heterocycles. The highest BCUT2D eigenvalue weighted by atomic mass is 35.5. The SMILES string of the molecule is CC(C)(SCCOc1c(Cl)cccc1Cl)C(=O)O. The van der Waals surface area contributed by atoms with E-state index < -0.39 is 10.7 Å². The van der Waals surface area contributed by atoms with Crippen molar-refractivity contribution in [2.75, 3.05) is 12.4 Å². The summed E-state index contributed by atoms with van der Waals surface area (Å²) in [5.41, 5.74) is 0. The second-order valence-corrected chi connectivity index (χ2v) is 6.60. The Morgan fingerprint density at radius 3 is 2.44 bits per heavy atom. The lowest BCUT2D eigenvalue weighted by molar-refractivity contribution is -0.138. The summed E-state index contributed by atoms with van der Waals surface area (Å²) in [4.78, 5) is 10.9. The number of benzene rings is 1. The van der Waals surface area contributed by atoms with E-state index in [2.05, 4.69) is 0 Å². The molecule has 1 aromatic rings. The third-order valence-electron chi connectivity index (χ3n) is 2.23. The molecule has 0 amide bonds. The number of halogens is 2. The summed E-state index contributed by atoms with van der Waals surface area (Å²) < 4.78 is 4.64. The topological polar surface area (TPSA) is 46.5 Å². The molecule has 18 heavy (non-hydrogen) atoms. The first kappa shape index (κ1) is 15.5. The van der Waals surface area contributed by atoms with Crippen LogP contribution in [0.2, 0.25) is 10.0 Å². The van der Waals surface area contributed by atoms with Crippen LogP contribution in [-0.4, -0.2) is 28.2 Å². The Hall–Kier alpha value is -0.580. The highest BCUT2D eigenvalue weighted by Crippen LogP contribution is 2.32. The molecule has 0 bridgehead atoms. The molecule has 1 aromatic carbocycles. The molecule has 3 nitrogen and oxygen atoms in total. The Labute approximate surface area is 120 Å². The van der Waals surface area contributed by atoms with Crippen LogP contribution < -0.4 is 4.74 Å². The van der Waals surface area contributed by atoms with Gasteiger partial charge in [-0.3, -0.25) is 4.79 Å². The Bertz CT molecular complexity index is 415. The molecule has 0 aromatic heterocycles. The molecule has 6 heteroatoms. The highest BCUT2D eigenvalue weighted by Gasteiger charge is 2.27. The summed E-state index contributed by atoms with van der Waals surface area (Å²) >= 11 is 13.2. The number of thioether (sulfide) groups is 1. The lowest BCUT2D eigenvalue weighted by Gasteiger charge is -2.18. The number of carboxylic acid groups (broad SMARTS) is 1. The highest BCUT2D eigenvalue weighted by molar-refractivity contribution is 8.01. The van der Waals surface area contributed by atoms with E-state index in [1.807, 2.05) is 0 Å². The van der Waals surface area contributed by atoms with E-state index in [1.165, 1.54) is 11.8 Å². The van der Waals surface area contributed by atoms with Gasteiger partial charge >= 0.3 is 5.97 Å². The Kier molecular flexibility index (Phi) is 5.63. The first-order valence-corrected chi connectivity index (χ1v) is 7.03. The summed E-state index contributed by atoms with van der Waals surface area (Å²) in [7, 11) is 0. The van der Waals surface area contributed by atoms with Gasteiger partial charge in [0.2, 0.25) is 0 Å². The van der Waals surface area contributed by atoms with Crippen LogP contribution >= 0.6 is 35.0 Å². The fourth-order valence-electron chi connectivity index (χ4n) is 1.12. The number of ether oxygens (including phenoxy) is 1. The van der Waals surface area contributed by atoms with Crippen molar-refractivity contribution in [1.82, 2.24) is 0 Å². The van der Waals surface area contributed by atoms with Crippen molar-refractivity contribution in [3.63, 3.8) is 0 Å². The maximum atomic E-state index is 10.9. The molecule has 1 rings (SSSR count). The van der Waals surface area contributed by atoms with E-state index >= 15 is 0 Å². The van der Waals surface area contributed by atoms with Crippen LogP contribution in [0.5, 0.6) is 5.75 Å². The van der Waals surface area contributed by atoms with Crippen molar-refractivity contribution in [2.24, 2.45) is 0 Å². The van der Waals surface area contributed by atoms with Crippen molar-refractivity contribution in [1.29, 1.82) is 0 Å². The fourth-order valence-corrected chi connectivity index (χ4v) is 2.43. The summed E-state index contributed by atoms with van der Waals surface area (Å²) in [6.07, 6.45) is 0. The summed E-state index contributed by atoms with van der Waals surface area (Å²) in [5, 5.41) is 9.84. The number of para-hydroxylation sites is 1. The van der Waals surface area contributed by atoms with Crippen molar-refractivity contribution in [2.45, 2.75) is 18.6 Å². The van der Waals surface area contributed by atoms with Crippen molar-refractivity contribution in [3.8, 4) is 5.75 Å².